The lowest BCUT2D eigenvalue weighted by atomic mass is 10.1. The molecule has 0 radical (unpaired) electrons. The van der Waals surface area contributed by atoms with Gasteiger partial charge in [0.15, 0.2) is 6.61 Å². The lowest BCUT2D eigenvalue weighted by Gasteiger charge is -2.35. The van der Waals surface area contributed by atoms with E-state index in [1.54, 1.807) is 24.0 Å². The van der Waals surface area contributed by atoms with Gasteiger partial charge in [0.25, 0.3) is 0 Å². The van der Waals surface area contributed by atoms with Crippen molar-refractivity contribution in [1.29, 1.82) is 0 Å². The highest BCUT2D eigenvalue weighted by Crippen LogP contribution is 2.21. The van der Waals surface area contributed by atoms with Crippen LogP contribution in [0.5, 0.6) is 5.75 Å². The van der Waals surface area contributed by atoms with Crippen molar-refractivity contribution in [2.24, 2.45) is 0 Å². The van der Waals surface area contributed by atoms with Crippen LogP contribution in [0.15, 0.2) is 24.3 Å². The fourth-order valence-corrected chi connectivity index (χ4v) is 3.01. The Kier molecular flexibility index (Phi) is 8.76. The number of urea groups is 1. The van der Waals surface area contributed by atoms with Gasteiger partial charge in [-0.15, -0.1) is 0 Å². The molecular weight excluding hydrogens is 401 g/mol. The zero-order valence-electron chi connectivity index (χ0n) is 17.3. The molecule has 0 aromatic heterocycles. The summed E-state index contributed by atoms with van der Waals surface area (Å²) in [5, 5.41) is 5.73. The summed E-state index contributed by atoms with van der Waals surface area (Å²) >= 11 is 0. The van der Waals surface area contributed by atoms with E-state index in [4.69, 9.17) is 0 Å². The number of carbonyl (C=O) groups is 2. The number of halogens is 3. The van der Waals surface area contributed by atoms with E-state index in [9.17, 15) is 22.8 Å². The largest absolute Gasteiger partial charge is 0.484 e. The molecule has 168 valence electrons. The maximum Gasteiger partial charge on any atom is 0.422 e. The molecule has 0 aliphatic carbocycles. The van der Waals surface area contributed by atoms with Crippen LogP contribution in [0.25, 0.3) is 0 Å². The number of amides is 3. The van der Waals surface area contributed by atoms with Crippen molar-refractivity contribution in [3.63, 3.8) is 0 Å². The van der Waals surface area contributed by atoms with E-state index in [0.717, 1.165) is 12.0 Å². The Morgan fingerprint density at radius 1 is 1.13 bits per heavy atom. The Balaban J connectivity index is 1.76. The number of hydrogen-bond acceptors (Lipinski definition) is 4. The molecule has 2 N–H and O–H groups in total. The first-order valence-electron chi connectivity index (χ1n) is 10.0. The van der Waals surface area contributed by atoms with Crippen molar-refractivity contribution < 1.29 is 27.5 Å². The summed E-state index contributed by atoms with van der Waals surface area (Å²) in [5.74, 6) is 0.111. The molecule has 1 heterocycles. The number of benzene rings is 1. The SMILES string of the molecule is CCCNC(=O)CN1CCN(C(=O)NC(C)c2ccc(OCC(F)(F)F)cc2)CC1. The van der Waals surface area contributed by atoms with Gasteiger partial charge in [-0.2, -0.15) is 13.2 Å². The second kappa shape index (κ2) is 11.1. The highest BCUT2D eigenvalue weighted by atomic mass is 19.4. The average molecular weight is 430 g/mol. The van der Waals surface area contributed by atoms with Crippen molar-refractivity contribution >= 4 is 11.9 Å². The first kappa shape index (κ1) is 23.8. The Hall–Kier alpha value is -2.49. The second-order valence-corrected chi connectivity index (χ2v) is 7.26. The van der Waals surface area contributed by atoms with E-state index in [2.05, 4.69) is 15.4 Å². The number of hydrogen-bond donors (Lipinski definition) is 2. The standard InChI is InChI=1S/C20H29F3N4O3/c1-3-8-24-18(28)13-26-9-11-27(12-10-26)19(29)25-15(2)16-4-6-17(7-5-16)30-14-20(21,22)23/h4-7,15H,3,8-14H2,1-2H3,(H,24,28)(H,25,29). The first-order chi connectivity index (χ1) is 14.2. The minimum atomic E-state index is -4.39. The van der Waals surface area contributed by atoms with E-state index in [1.807, 2.05) is 11.8 Å². The van der Waals surface area contributed by atoms with Crippen LogP contribution in [-0.4, -0.2) is 73.8 Å². The smallest absolute Gasteiger partial charge is 0.422 e. The molecule has 3 amide bonds. The summed E-state index contributed by atoms with van der Waals surface area (Å²) in [4.78, 5) is 28.0. The van der Waals surface area contributed by atoms with Gasteiger partial charge in [0.2, 0.25) is 5.91 Å². The molecule has 1 aliphatic rings. The van der Waals surface area contributed by atoms with Gasteiger partial charge in [0.1, 0.15) is 5.75 Å². The number of piperazine rings is 1. The topological polar surface area (TPSA) is 73.9 Å². The van der Waals surface area contributed by atoms with Crippen molar-refractivity contribution in [2.75, 3.05) is 45.9 Å². The Labute approximate surface area is 174 Å². The summed E-state index contributed by atoms with van der Waals surface area (Å²) in [5.41, 5.74) is 0.758. The second-order valence-electron chi connectivity index (χ2n) is 7.26. The highest BCUT2D eigenvalue weighted by molar-refractivity contribution is 5.78. The van der Waals surface area contributed by atoms with Crippen LogP contribution < -0.4 is 15.4 Å². The molecular formula is C20H29F3N4O3. The van der Waals surface area contributed by atoms with E-state index in [1.165, 1.54) is 12.1 Å². The van der Waals surface area contributed by atoms with Gasteiger partial charge in [-0.1, -0.05) is 19.1 Å². The molecule has 1 saturated heterocycles. The highest BCUT2D eigenvalue weighted by Gasteiger charge is 2.28. The third kappa shape index (κ3) is 8.10. The van der Waals surface area contributed by atoms with E-state index < -0.39 is 12.8 Å². The lowest BCUT2D eigenvalue weighted by molar-refractivity contribution is -0.153. The molecule has 0 spiro atoms. The van der Waals surface area contributed by atoms with Gasteiger partial charge < -0.3 is 20.3 Å². The molecule has 10 heteroatoms. The quantitative estimate of drug-likeness (QED) is 0.665. The molecule has 1 atom stereocenters. The monoisotopic (exact) mass is 430 g/mol. The van der Waals surface area contributed by atoms with Crippen LogP contribution >= 0.6 is 0 Å². The fraction of sp³-hybridized carbons (Fsp3) is 0.600. The summed E-state index contributed by atoms with van der Waals surface area (Å²) in [6.45, 7) is 5.72. The molecule has 30 heavy (non-hydrogen) atoms. The minimum Gasteiger partial charge on any atom is -0.484 e. The van der Waals surface area contributed by atoms with Gasteiger partial charge in [-0.05, 0) is 31.0 Å². The number of nitrogens with one attached hydrogen (secondary N) is 2. The van der Waals surface area contributed by atoms with Gasteiger partial charge in [0.05, 0.1) is 12.6 Å². The molecule has 1 aromatic rings. The Bertz CT molecular complexity index is 690. The van der Waals surface area contributed by atoms with Crippen LogP contribution in [0, 0.1) is 0 Å². The molecule has 1 aliphatic heterocycles. The number of alkyl halides is 3. The molecule has 7 nitrogen and oxygen atoms in total. The predicted octanol–water partition coefficient (Wildman–Crippen LogP) is 2.54. The molecule has 0 bridgehead atoms. The van der Waals surface area contributed by atoms with Crippen LogP contribution in [0.4, 0.5) is 18.0 Å². The molecule has 1 unspecified atom stereocenters. The first-order valence-corrected chi connectivity index (χ1v) is 10.0. The number of ether oxygens (including phenoxy) is 1. The normalized spacial score (nSPS) is 16.1. The Morgan fingerprint density at radius 3 is 2.33 bits per heavy atom. The van der Waals surface area contributed by atoms with Crippen LogP contribution in [0.2, 0.25) is 0 Å². The number of rotatable bonds is 8. The summed E-state index contributed by atoms with van der Waals surface area (Å²) < 4.78 is 41.3. The van der Waals surface area contributed by atoms with Crippen molar-refractivity contribution in [2.45, 2.75) is 32.5 Å². The zero-order valence-corrected chi connectivity index (χ0v) is 17.3. The summed E-state index contributed by atoms with van der Waals surface area (Å²) in [6.07, 6.45) is -3.50. The van der Waals surface area contributed by atoms with Gasteiger partial charge >= 0.3 is 12.2 Å². The molecule has 2 rings (SSSR count). The minimum absolute atomic E-state index is 0.00830. The molecule has 0 saturated carbocycles. The van der Waals surface area contributed by atoms with Crippen LogP contribution in [0.3, 0.4) is 0 Å². The molecule has 1 aromatic carbocycles. The van der Waals surface area contributed by atoms with E-state index in [-0.39, 0.29) is 23.7 Å². The van der Waals surface area contributed by atoms with Gasteiger partial charge in [0, 0.05) is 32.7 Å². The average Bonchev–Trinajstić information content (AvgIpc) is 2.71. The third-order valence-electron chi connectivity index (χ3n) is 4.72. The van der Waals surface area contributed by atoms with Gasteiger partial charge in [-0.3, -0.25) is 9.69 Å². The van der Waals surface area contributed by atoms with Crippen molar-refractivity contribution in [1.82, 2.24) is 20.4 Å². The number of carbonyl (C=O) groups excluding carboxylic acids is 2. The lowest BCUT2D eigenvalue weighted by Crippen LogP contribution is -2.53. The predicted molar refractivity (Wildman–Crippen MR) is 106 cm³/mol. The Morgan fingerprint density at radius 2 is 1.77 bits per heavy atom. The summed E-state index contributed by atoms with van der Waals surface area (Å²) in [6, 6.07) is 5.63. The third-order valence-corrected chi connectivity index (χ3v) is 4.72. The molecule has 1 fully saturated rings. The maximum absolute atomic E-state index is 12.5. The summed E-state index contributed by atoms with van der Waals surface area (Å²) in [7, 11) is 0. The van der Waals surface area contributed by atoms with Crippen LogP contribution in [-0.2, 0) is 4.79 Å². The van der Waals surface area contributed by atoms with Crippen molar-refractivity contribution in [3.05, 3.63) is 29.8 Å². The fourth-order valence-electron chi connectivity index (χ4n) is 3.01. The van der Waals surface area contributed by atoms with E-state index in [0.29, 0.717) is 39.3 Å². The van der Waals surface area contributed by atoms with Crippen LogP contribution in [0.1, 0.15) is 31.9 Å². The van der Waals surface area contributed by atoms with Crippen molar-refractivity contribution in [3.8, 4) is 5.75 Å². The number of nitrogens with zero attached hydrogens (tertiary/aromatic N) is 2. The van der Waals surface area contributed by atoms with E-state index >= 15 is 0 Å². The maximum atomic E-state index is 12.5. The zero-order chi connectivity index (χ0) is 22.1. The van der Waals surface area contributed by atoms with Gasteiger partial charge in [-0.25, -0.2) is 4.79 Å².